The van der Waals surface area contributed by atoms with Crippen LogP contribution in [0.4, 0.5) is 0 Å². The Morgan fingerprint density at radius 3 is 0.880 bits per heavy atom. The molecule has 0 aliphatic rings. The maximum Gasteiger partial charge on any atom is 0.243 e. The molecular weight excluding hydrogens is 983 g/mol. The zero-order valence-corrected chi connectivity index (χ0v) is 43.0. The summed E-state index contributed by atoms with van der Waals surface area (Å²) in [5.41, 5.74) is 60.3. The van der Waals surface area contributed by atoms with Crippen LogP contribution in [0.15, 0.2) is 25.0 Å². The number of hydrogen-bond donors (Lipinski definition) is 20. The molecule has 0 heterocycles. The fourth-order valence-corrected chi connectivity index (χ4v) is 6.70. The van der Waals surface area contributed by atoms with E-state index in [1.165, 1.54) is 6.92 Å². The Morgan fingerprint density at radius 2 is 0.640 bits per heavy atom. The highest BCUT2D eigenvalue weighted by molar-refractivity contribution is 5.97. The van der Waals surface area contributed by atoms with E-state index in [1.807, 2.05) is 0 Å². The minimum Gasteiger partial charge on any atom is -0.370 e. The van der Waals surface area contributed by atoms with Gasteiger partial charge in [-0.05, 0) is 77.0 Å². The highest BCUT2D eigenvalue weighted by atomic mass is 16.2. The molecule has 0 aliphatic heterocycles. The maximum atomic E-state index is 14.4. The van der Waals surface area contributed by atoms with Crippen LogP contribution in [0.3, 0.4) is 0 Å². The maximum absolute atomic E-state index is 14.4. The van der Waals surface area contributed by atoms with Crippen LogP contribution in [-0.4, -0.2) is 165 Å². The molecule has 424 valence electrons. The van der Waals surface area contributed by atoms with Crippen LogP contribution in [0.5, 0.6) is 0 Å². The molecule has 75 heavy (non-hydrogen) atoms. The van der Waals surface area contributed by atoms with Gasteiger partial charge in [0.05, 0.1) is 6.54 Å². The van der Waals surface area contributed by atoms with Gasteiger partial charge >= 0.3 is 0 Å². The largest absolute Gasteiger partial charge is 0.370 e. The first-order valence-electron chi connectivity index (χ1n) is 24.3. The van der Waals surface area contributed by atoms with E-state index < -0.39 is 77.6 Å². The van der Waals surface area contributed by atoms with Gasteiger partial charge in [0.2, 0.25) is 41.4 Å². The number of carbonyl (C=O) groups is 8. The predicted molar refractivity (Wildman–Crippen MR) is 284 cm³/mol. The van der Waals surface area contributed by atoms with Crippen molar-refractivity contribution in [2.45, 2.75) is 134 Å². The molecule has 33 nitrogen and oxygen atoms in total. The Labute approximate surface area is 435 Å². The first kappa shape index (κ1) is 66.6. The molecule has 0 fully saturated rings. The van der Waals surface area contributed by atoms with E-state index in [0.717, 1.165) is 0 Å². The van der Waals surface area contributed by atoms with E-state index in [4.69, 9.17) is 68.5 Å². The molecule has 0 bridgehead atoms. The van der Waals surface area contributed by atoms with Crippen molar-refractivity contribution in [3.63, 3.8) is 0 Å². The zero-order valence-electron chi connectivity index (χ0n) is 43.0. The molecule has 0 radical (unpaired) electrons. The van der Waals surface area contributed by atoms with Crippen LogP contribution < -0.4 is 106 Å². The third kappa shape index (κ3) is 33.8. The van der Waals surface area contributed by atoms with Gasteiger partial charge in [-0.2, -0.15) is 0 Å². The fraction of sp³-hybridized carbons (Fsp3) is 0.667. The van der Waals surface area contributed by atoms with E-state index in [9.17, 15) is 38.4 Å². The normalized spacial score (nSPS) is 12.9. The number of rotatable bonds is 39. The average molecular weight is 1070 g/mol. The van der Waals surface area contributed by atoms with Gasteiger partial charge in [-0.3, -0.25) is 68.7 Å². The van der Waals surface area contributed by atoms with Crippen LogP contribution >= 0.6 is 0 Å². The Morgan fingerprint density at radius 1 is 0.387 bits per heavy atom. The first-order chi connectivity index (χ1) is 35.4. The topological polar surface area (TPSA) is 605 Å². The number of nitrogens with two attached hydrogens (primary N) is 11. The minimum absolute atomic E-state index is 0.00741. The second-order valence-corrected chi connectivity index (χ2v) is 16.9. The van der Waals surface area contributed by atoms with E-state index in [1.54, 1.807) is 6.92 Å². The van der Waals surface area contributed by atoms with Gasteiger partial charge in [0.1, 0.15) is 36.3 Å². The molecule has 7 amide bonds. The van der Waals surface area contributed by atoms with Crippen molar-refractivity contribution in [2.75, 3.05) is 45.8 Å². The van der Waals surface area contributed by atoms with Gasteiger partial charge in [-0.15, -0.1) is 0 Å². The lowest BCUT2D eigenvalue weighted by molar-refractivity contribution is -0.135. The van der Waals surface area contributed by atoms with Gasteiger partial charge in [0.15, 0.2) is 41.5 Å². The minimum atomic E-state index is -1.43. The molecule has 0 saturated carbocycles. The van der Waals surface area contributed by atoms with Crippen LogP contribution in [0.2, 0.25) is 0 Å². The highest BCUT2D eigenvalue weighted by Gasteiger charge is 2.33. The van der Waals surface area contributed by atoms with Crippen molar-refractivity contribution >= 4 is 82.9 Å². The Hall–Kier alpha value is -8.42. The monoisotopic (exact) mass is 1070 g/mol. The molecular formula is C42H83N25O8. The lowest BCUT2D eigenvalue weighted by atomic mass is 10.0. The van der Waals surface area contributed by atoms with Gasteiger partial charge in [0, 0.05) is 52.6 Å². The van der Waals surface area contributed by atoms with Crippen LogP contribution in [0.1, 0.15) is 97.3 Å². The number of ketones is 1. The van der Waals surface area contributed by atoms with E-state index in [0.29, 0.717) is 0 Å². The van der Waals surface area contributed by atoms with Crippen molar-refractivity contribution in [3.05, 3.63) is 0 Å². The molecule has 0 aliphatic carbocycles. The van der Waals surface area contributed by atoms with Gasteiger partial charge in [-0.1, -0.05) is 6.92 Å². The van der Waals surface area contributed by atoms with Crippen molar-refractivity contribution in [1.82, 2.24) is 42.5 Å². The van der Waals surface area contributed by atoms with E-state index in [2.05, 4.69) is 67.5 Å². The third-order valence-electron chi connectivity index (χ3n) is 10.4. The summed E-state index contributed by atoms with van der Waals surface area (Å²) in [5, 5.41) is 28.4. The lowest BCUT2D eigenvalue weighted by Crippen LogP contribution is -2.59. The van der Waals surface area contributed by atoms with Crippen molar-refractivity contribution in [1.29, 1.82) is 5.41 Å². The number of nitrogens with one attached hydrogen (secondary N) is 9. The average Bonchev–Trinajstić information content (AvgIpc) is 3.32. The number of aliphatic imine (C=N–C) groups is 5. The van der Waals surface area contributed by atoms with E-state index >= 15 is 0 Å². The Bertz CT molecular complexity index is 2010. The van der Waals surface area contributed by atoms with E-state index in [-0.39, 0.29) is 171 Å². The molecule has 6 atom stereocenters. The lowest BCUT2D eigenvalue weighted by Gasteiger charge is -2.28. The molecule has 0 spiro atoms. The quantitative estimate of drug-likeness (QED) is 0.0154. The summed E-state index contributed by atoms with van der Waals surface area (Å²) in [5.74, 6) is -7.13. The second kappa shape index (κ2) is 38.2. The molecule has 0 unspecified atom stereocenters. The number of nitrogens with zero attached hydrogens (tertiary/aromatic N) is 5. The summed E-state index contributed by atoms with van der Waals surface area (Å²) < 4.78 is 0. The highest BCUT2D eigenvalue weighted by Crippen LogP contribution is 2.10. The smallest absolute Gasteiger partial charge is 0.243 e. The summed E-state index contributed by atoms with van der Waals surface area (Å²) in [7, 11) is 0. The number of carbonyl (C=O) groups excluding carboxylic acids is 8. The molecule has 33 heteroatoms. The number of guanidine groups is 6. The van der Waals surface area contributed by atoms with Crippen molar-refractivity contribution < 1.29 is 38.4 Å². The molecule has 0 aromatic rings. The second-order valence-electron chi connectivity index (χ2n) is 16.9. The zero-order chi connectivity index (χ0) is 56.9. The fourth-order valence-electron chi connectivity index (χ4n) is 6.70. The van der Waals surface area contributed by atoms with Crippen LogP contribution in [-0.2, 0) is 38.4 Å². The predicted octanol–water partition coefficient (Wildman–Crippen LogP) is -8.46. The SMILES string of the molecule is CCC(=O)CNC(=O)[C@H](CCCN=C(N)N)NC(=O)[C@H](CCCNC(=N)N)NC(=O)[C@H](CCCN=C(N)N)NC(=O)[C@H](CCCN=C(N)N)NC(=O)[C@H](CCCN=C(N)N)NC(=O)[C@H](CCCN=C(N)N)NC(C)=O. The van der Waals surface area contributed by atoms with Crippen molar-refractivity contribution in [2.24, 2.45) is 88.0 Å². The van der Waals surface area contributed by atoms with Gasteiger partial charge in [-0.25, -0.2) is 0 Å². The molecule has 0 aromatic heterocycles. The van der Waals surface area contributed by atoms with Gasteiger partial charge < -0.3 is 106 Å². The third-order valence-corrected chi connectivity index (χ3v) is 10.4. The van der Waals surface area contributed by atoms with Crippen LogP contribution in [0, 0.1) is 5.41 Å². The molecule has 0 saturated heterocycles. The summed E-state index contributed by atoms with van der Waals surface area (Å²) in [4.78, 5) is 128. The summed E-state index contributed by atoms with van der Waals surface area (Å²) >= 11 is 0. The van der Waals surface area contributed by atoms with Gasteiger partial charge in [0.25, 0.3) is 0 Å². The standard InChI is InChI=1S/C42H83N25O8/c1-3-24(69)22-61-31(70)25(10-4-16-55-37(43)44)63-33(72)27(12-6-18-57-39(47)48)65-35(74)29(14-8-20-59-41(51)52)67-36(75)30(15-9-21-60-42(53)54)66-34(73)28(13-7-19-58-40(49)50)64-32(71)26(62-23(2)68)11-5-17-56-38(45)46/h25-30H,3-22H2,1-2H3,(H,61,70)(H,62,68)(H,63,72)(H,64,71)(H,65,74)(H,66,73)(H,67,75)(H4,43,44,55)(H4,45,46,56)(H4,47,48,57)(H4,49,50,58)(H4,51,52,59)(H4,53,54,60)/t25-,26-,27-,28-,29-,30-/m0/s1. The Balaban J connectivity index is 7.14. The molecule has 0 aromatic carbocycles. The Kier molecular flexibility index (Phi) is 33.9. The first-order valence-corrected chi connectivity index (χ1v) is 24.3. The summed E-state index contributed by atoms with van der Waals surface area (Å²) in [6.45, 7) is 2.92. The molecule has 31 N–H and O–H groups in total. The number of hydrogen-bond acceptors (Lipinski definition) is 14. The number of amides is 7. The number of Topliss-reactive ketones (excluding diaryl/α,β-unsaturated/α-hetero) is 1. The summed E-state index contributed by atoms with van der Waals surface area (Å²) in [6.07, 6.45) is 0.867. The van der Waals surface area contributed by atoms with Crippen molar-refractivity contribution in [3.8, 4) is 0 Å². The van der Waals surface area contributed by atoms with Crippen LogP contribution in [0.25, 0.3) is 0 Å². The molecule has 0 rings (SSSR count). The summed E-state index contributed by atoms with van der Waals surface area (Å²) in [6, 6.07) is -7.92.